The van der Waals surface area contributed by atoms with E-state index in [1.165, 1.54) is 0 Å². The van der Waals surface area contributed by atoms with Gasteiger partial charge in [0.25, 0.3) is 0 Å². The lowest BCUT2D eigenvalue weighted by molar-refractivity contribution is -0.118. The highest BCUT2D eigenvalue weighted by Crippen LogP contribution is 2.35. The van der Waals surface area contributed by atoms with Gasteiger partial charge in [0, 0.05) is 24.1 Å². The summed E-state index contributed by atoms with van der Waals surface area (Å²) in [5, 5.41) is 0. The standard InChI is InChI=1S/C23H21N3O2S/c27-22(13-15-25-19-10-4-5-11-20(19)29-17-23(25)28)26(21-12-6-7-14-24-21)16-18-8-2-1-3-9-18/h1-12,14H,13,15-17H2. The number of aromatic nitrogens is 1. The van der Waals surface area contributed by atoms with E-state index in [2.05, 4.69) is 4.98 Å². The summed E-state index contributed by atoms with van der Waals surface area (Å²) in [5.74, 6) is 0.992. The molecule has 0 saturated heterocycles. The van der Waals surface area contributed by atoms with Crippen molar-refractivity contribution in [2.75, 3.05) is 22.1 Å². The van der Waals surface area contributed by atoms with Gasteiger partial charge in [0.2, 0.25) is 11.8 Å². The van der Waals surface area contributed by atoms with Crippen molar-refractivity contribution in [1.82, 2.24) is 4.98 Å². The van der Waals surface area contributed by atoms with Crippen LogP contribution in [0, 0.1) is 0 Å². The Kier molecular flexibility index (Phi) is 5.91. The topological polar surface area (TPSA) is 53.5 Å². The van der Waals surface area contributed by atoms with Gasteiger partial charge in [-0.1, -0.05) is 48.5 Å². The second-order valence-electron chi connectivity index (χ2n) is 6.71. The van der Waals surface area contributed by atoms with Crippen molar-refractivity contribution in [1.29, 1.82) is 0 Å². The third-order valence-electron chi connectivity index (χ3n) is 4.77. The molecule has 0 aliphatic carbocycles. The second kappa shape index (κ2) is 8.92. The quantitative estimate of drug-likeness (QED) is 0.621. The van der Waals surface area contributed by atoms with Crippen LogP contribution in [0.3, 0.4) is 0 Å². The van der Waals surface area contributed by atoms with Crippen LogP contribution in [0.1, 0.15) is 12.0 Å². The van der Waals surface area contributed by atoms with Crippen molar-refractivity contribution in [2.24, 2.45) is 0 Å². The smallest absolute Gasteiger partial charge is 0.237 e. The Bertz CT molecular complexity index is 995. The molecule has 0 N–H and O–H groups in total. The van der Waals surface area contributed by atoms with Crippen molar-refractivity contribution >= 4 is 35.1 Å². The van der Waals surface area contributed by atoms with Crippen LogP contribution in [0.4, 0.5) is 11.5 Å². The van der Waals surface area contributed by atoms with Crippen LogP contribution in [-0.2, 0) is 16.1 Å². The Morgan fingerprint density at radius 3 is 2.55 bits per heavy atom. The van der Waals surface area contributed by atoms with Crippen molar-refractivity contribution < 1.29 is 9.59 Å². The van der Waals surface area contributed by atoms with Gasteiger partial charge in [-0.15, -0.1) is 11.8 Å². The van der Waals surface area contributed by atoms with E-state index in [9.17, 15) is 9.59 Å². The highest BCUT2D eigenvalue weighted by molar-refractivity contribution is 8.00. The average Bonchev–Trinajstić information content (AvgIpc) is 2.78. The summed E-state index contributed by atoms with van der Waals surface area (Å²) in [6, 6.07) is 23.2. The van der Waals surface area contributed by atoms with Crippen LogP contribution < -0.4 is 9.80 Å². The maximum Gasteiger partial charge on any atom is 0.237 e. The van der Waals surface area contributed by atoms with E-state index >= 15 is 0 Å². The van der Waals surface area contributed by atoms with Crippen LogP contribution in [-0.4, -0.2) is 29.1 Å². The van der Waals surface area contributed by atoms with E-state index in [1.807, 2.05) is 72.8 Å². The SMILES string of the molecule is O=C(CCN1C(=O)CSc2ccccc21)N(Cc1ccccc1)c1ccccn1. The van der Waals surface area contributed by atoms with Crippen LogP contribution in [0.5, 0.6) is 0 Å². The first-order chi connectivity index (χ1) is 14.2. The molecular weight excluding hydrogens is 382 g/mol. The summed E-state index contributed by atoms with van der Waals surface area (Å²) in [4.78, 5) is 34.5. The molecule has 4 rings (SSSR count). The van der Waals surface area contributed by atoms with Crippen molar-refractivity contribution in [3.63, 3.8) is 0 Å². The van der Waals surface area contributed by atoms with Gasteiger partial charge in [-0.25, -0.2) is 4.98 Å². The number of rotatable bonds is 6. The first-order valence-corrected chi connectivity index (χ1v) is 10.5. The van der Waals surface area contributed by atoms with Crippen molar-refractivity contribution in [2.45, 2.75) is 17.9 Å². The van der Waals surface area contributed by atoms with E-state index in [-0.39, 0.29) is 18.2 Å². The van der Waals surface area contributed by atoms with Gasteiger partial charge in [0.05, 0.1) is 18.0 Å². The molecule has 1 aliphatic heterocycles. The molecule has 5 nitrogen and oxygen atoms in total. The Morgan fingerprint density at radius 2 is 1.76 bits per heavy atom. The number of hydrogen-bond acceptors (Lipinski definition) is 4. The molecule has 6 heteroatoms. The fourth-order valence-electron chi connectivity index (χ4n) is 3.32. The van der Waals surface area contributed by atoms with Crippen LogP contribution in [0.15, 0.2) is 83.9 Å². The number of carbonyl (C=O) groups is 2. The zero-order valence-electron chi connectivity index (χ0n) is 15.9. The molecule has 0 unspecified atom stereocenters. The third kappa shape index (κ3) is 4.49. The Hall–Kier alpha value is -3.12. The predicted molar refractivity (Wildman–Crippen MR) is 116 cm³/mol. The van der Waals surface area contributed by atoms with Crippen LogP contribution in [0.25, 0.3) is 0 Å². The van der Waals surface area contributed by atoms with Crippen LogP contribution in [0.2, 0.25) is 0 Å². The van der Waals surface area contributed by atoms with Gasteiger partial charge >= 0.3 is 0 Å². The summed E-state index contributed by atoms with van der Waals surface area (Å²) in [7, 11) is 0. The lowest BCUT2D eigenvalue weighted by atomic mass is 10.2. The normalized spacial score (nSPS) is 13.1. The summed E-state index contributed by atoms with van der Waals surface area (Å²) in [6.45, 7) is 0.796. The summed E-state index contributed by atoms with van der Waals surface area (Å²) in [5.41, 5.74) is 1.91. The number of thioether (sulfide) groups is 1. The minimum Gasteiger partial charge on any atom is -0.310 e. The average molecular weight is 404 g/mol. The fourth-order valence-corrected chi connectivity index (χ4v) is 4.25. The van der Waals surface area contributed by atoms with Gasteiger partial charge in [-0.3, -0.25) is 14.5 Å². The monoisotopic (exact) mass is 403 g/mol. The molecular formula is C23H21N3O2S. The number of nitrogens with zero attached hydrogens (tertiary/aromatic N) is 3. The lowest BCUT2D eigenvalue weighted by Crippen LogP contribution is -2.39. The maximum absolute atomic E-state index is 13.2. The second-order valence-corrected chi connectivity index (χ2v) is 7.72. The molecule has 0 bridgehead atoms. The zero-order valence-corrected chi connectivity index (χ0v) is 16.7. The van der Waals surface area contributed by atoms with Gasteiger partial charge in [0.1, 0.15) is 5.82 Å². The molecule has 0 saturated carbocycles. The molecule has 3 aromatic rings. The number of para-hydroxylation sites is 1. The fraction of sp³-hybridized carbons (Fsp3) is 0.174. The zero-order chi connectivity index (χ0) is 20.1. The maximum atomic E-state index is 13.2. The first kappa shape index (κ1) is 19.2. The molecule has 146 valence electrons. The molecule has 2 aromatic carbocycles. The number of pyridine rings is 1. The third-order valence-corrected chi connectivity index (χ3v) is 5.82. The summed E-state index contributed by atoms with van der Waals surface area (Å²) < 4.78 is 0. The van der Waals surface area contributed by atoms with E-state index in [4.69, 9.17) is 0 Å². The summed E-state index contributed by atoms with van der Waals surface area (Å²) >= 11 is 1.54. The number of amides is 2. The van der Waals surface area contributed by atoms with Gasteiger partial charge in [-0.05, 0) is 29.8 Å². The molecule has 0 atom stereocenters. The lowest BCUT2D eigenvalue weighted by Gasteiger charge is -2.29. The molecule has 0 spiro atoms. The molecule has 29 heavy (non-hydrogen) atoms. The first-order valence-electron chi connectivity index (χ1n) is 9.50. The van der Waals surface area contributed by atoms with Gasteiger partial charge < -0.3 is 4.90 Å². The van der Waals surface area contributed by atoms with E-state index in [0.29, 0.717) is 24.7 Å². The minimum atomic E-state index is -0.0592. The molecule has 1 aromatic heterocycles. The number of benzene rings is 2. The van der Waals surface area contributed by atoms with E-state index < -0.39 is 0 Å². The number of anilines is 2. The molecule has 2 heterocycles. The highest BCUT2D eigenvalue weighted by Gasteiger charge is 2.26. The molecule has 2 amide bonds. The van der Waals surface area contributed by atoms with Crippen LogP contribution >= 0.6 is 11.8 Å². The van der Waals surface area contributed by atoms with Gasteiger partial charge in [-0.2, -0.15) is 0 Å². The largest absolute Gasteiger partial charge is 0.310 e. The number of carbonyl (C=O) groups excluding carboxylic acids is 2. The van der Waals surface area contributed by atoms with E-state index in [1.54, 1.807) is 27.8 Å². The minimum absolute atomic E-state index is 0.0361. The van der Waals surface area contributed by atoms with E-state index in [0.717, 1.165) is 16.1 Å². The van der Waals surface area contributed by atoms with Crippen molar-refractivity contribution in [3.8, 4) is 0 Å². The molecule has 0 fully saturated rings. The highest BCUT2D eigenvalue weighted by atomic mass is 32.2. The summed E-state index contributed by atoms with van der Waals surface area (Å²) in [6.07, 6.45) is 1.91. The predicted octanol–water partition coefficient (Wildman–Crippen LogP) is 4.14. The molecule has 1 aliphatic rings. The number of hydrogen-bond donors (Lipinski definition) is 0. The Morgan fingerprint density at radius 1 is 1.00 bits per heavy atom. The van der Waals surface area contributed by atoms with Crippen molar-refractivity contribution in [3.05, 3.63) is 84.6 Å². The van der Waals surface area contributed by atoms with Gasteiger partial charge in [0.15, 0.2) is 0 Å². The Labute approximate surface area is 174 Å². The Balaban J connectivity index is 1.52. The number of fused-ring (bicyclic) bond motifs is 1. The molecule has 0 radical (unpaired) electrons.